The van der Waals surface area contributed by atoms with Crippen molar-refractivity contribution in [3.63, 3.8) is 0 Å². The fourth-order valence-electron chi connectivity index (χ4n) is 1.35. The minimum atomic E-state index is -0.326. The molecule has 108 valence electrons. The van der Waals surface area contributed by atoms with Crippen molar-refractivity contribution >= 4 is 11.6 Å². The average molecular weight is 277 g/mol. The first-order valence-electron chi connectivity index (χ1n) is 6.00. The number of oxime groups is 1. The summed E-state index contributed by atoms with van der Waals surface area (Å²) in [5, 5.41) is 3.84. The lowest BCUT2D eigenvalue weighted by molar-refractivity contribution is -0.122. The monoisotopic (exact) mass is 277 g/mol. The van der Waals surface area contributed by atoms with E-state index in [2.05, 4.69) is 17.2 Å². The van der Waals surface area contributed by atoms with E-state index in [4.69, 9.17) is 9.68 Å². The maximum absolute atomic E-state index is 12.0. The molecule has 0 saturated heterocycles. The van der Waals surface area contributed by atoms with E-state index in [0.29, 0.717) is 0 Å². The number of carbonyl (C=O) groups excluding carboxylic acids is 1. The molecule has 1 aromatic carbocycles. The van der Waals surface area contributed by atoms with Crippen LogP contribution >= 0.6 is 0 Å². The van der Waals surface area contributed by atoms with Gasteiger partial charge in [0, 0.05) is 14.1 Å². The van der Waals surface area contributed by atoms with Crippen molar-refractivity contribution in [3.8, 4) is 0 Å². The van der Waals surface area contributed by atoms with Crippen LogP contribution in [-0.4, -0.2) is 37.7 Å². The molecular weight excluding hydrogens is 258 g/mol. The maximum atomic E-state index is 12.0. The van der Waals surface area contributed by atoms with Gasteiger partial charge in [0.25, 0.3) is 5.91 Å². The lowest BCUT2D eigenvalue weighted by atomic mass is 10.2. The van der Waals surface area contributed by atoms with Gasteiger partial charge in [0.05, 0.1) is 12.8 Å². The third kappa shape index (κ3) is 4.74. The number of hydrogen-bond donors (Lipinski definition) is 1. The molecule has 0 heterocycles. The van der Waals surface area contributed by atoms with Gasteiger partial charge < -0.3 is 9.74 Å². The largest absolute Gasteiger partial charge is 0.390 e. The molecule has 1 N–H and O–H groups in total. The van der Waals surface area contributed by atoms with Gasteiger partial charge in [-0.15, -0.1) is 0 Å². The van der Waals surface area contributed by atoms with Gasteiger partial charge in [-0.3, -0.25) is 15.1 Å². The Labute approximate surface area is 118 Å². The van der Waals surface area contributed by atoms with Gasteiger partial charge in [0.15, 0.2) is 5.71 Å². The molecule has 1 aromatic rings. The van der Waals surface area contributed by atoms with Crippen LogP contribution in [0.5, 0.6) is 0 Å². The Hall–Kier alpha value is -2.34. The molecule has 0 bridgehead atoms. The molecule has 0 atom stereocenters. The minimum absolute atomic E-state index is 0.0628. The SMILES string of the molecule is C=C(NOC)C(=NOCc1ccccc1)C(=O)N(C)C. The topological polar surface area (TPSA) is 63.2 Å². The Morgan fingerprint density at radius 1 is 1.35 bits per heavy atom. The molecule has 0 aromatic heterocycles. The maximum Gasteiger partial charge on any atom is 0.277 e. The van der Waals surface area contributed by atoms with E-state index in [0.717, 1.165) is 5.56 Å². The lowest BCUT2D eigenvalue weighted by Crippen LogP contribution is -2.34. The van der Waals surface area contributed by atoms with Gasteiger partial charge in [-0.05, 0) is 5.56 Å². The van der Waals surface area contributed by atoms with Crippen molar-refractivity contribution < 1.29 is 14.5 Å². The smallest absolute Gasteiger partial charge is 0.277 e. The Kier molecular flexibility index (Phi) is 6.25. The highest BCUT2D eigenvalue weighted by Gasteiger charge is 2.18. The van der Waals surface area contributed by atoms with Crippen LogP contribution in [0.3, 0.4) is 0 Å². The quantitative estimate of drug-likeness (QED) is 0.603. The summed E-state index contributed by atoms with van der Waals surface area (Å²) in [6, 6.07) is 9.54. The van der Waals surface area contributed by atoms with Crippen molar-refractivity contribution in [2.24, 2.45) is 5.16 Å². The van der Waals surface area contributed by atoms with Crippen LogP contribution in [0.2, 0.25) is 0 Å². The van der Waals surface area contributed by atoms with Crippen molar-refractivity contribution in [2.45, 2.75) is 6.61 Å². The summed E-state index contributed by atoms with van der Waals surface area (Å²) in [5.74, 6) is -0.326. The second kappa shape index (κ2) is 7.96. The van der Waals surface area contributed by atoms with E-state index in [-0.39, 0.29) is 23.9 Å². The van der Waals surface area contributed by atoms with Crippen molar-refractivity contribution in [2.75, 3.05) is 21.2 Å². The van der Waals surface area contributed by atoms with Crippen molar-refractivity contribution in [3.05, 3.63) is 48.2 Å². The minimum Gasteiger partial charge on any atom is -0.390 e. The third-order valence-corrected chi connectivity index (χ3v) is 2.35. The number of carbonyl (C=O) groups is 1. The second-order valence-electron chi connectivity index (χ2n) is 4.18. The van der Waals surface area contributed by atoms with E-state index in [1.807, 2.05) is 30.3 Å². The molecule has 0 aliphatic carbocycles. The molecule has 0 radical (unpaired) electrons. The second-order valence-corrected chi connectivity index (χ2v) is 4.18. The molecule has 0 spiro atoms. The number of hydrogen-bond acceptors (Lipinski definition) is 5. The van der Waals surface area contributed by atoms with Crippen LogP contribution in [0, 0.1) is 0 Å². The molecule has 6 nitrogen and oxygen atoms in total. The fourth-order valence-corrected chi connectivity index (χ4v) is 1.35. The number of nitrogens with one attached hydrogen (secondary N) is 1. The number of benzene rings is 1. The molecule has 0 aliphatic rings. The Morgan fingerprint density at radius 3 is 2.55 bits per heavy atom. The Bertz CT molecular complexity index is 484. The summed E-state index contributed by atoms with van der Waals surface area (Å²) in [6.07, 6.45) is 0. The van der Waals surface area contributed by atoms with Gasteiger partial charge in [0.2, 0.25) is 0 Å². The van der Waals surface area contributed by atoms with Crippen LogP contribution in [0.15, 0.2) is 47.8 Å². The highest BCUT2D eigenvalue weighted by atomic mass is 16.6. The molecule has 1 rings (SSSR count). The zero-order valence-corrected chi connectivity index (χ0v) is 11.9. The van der Waals surface area contributed by atoms with Crippen LogP contribution in [0.25, 0.3) is 0 Å². The summed E-state index contributed by atoms with van der Waals surface area (Å²) in [6.45, 7) is 3.95. The van der Waals surface area contributed by atoms with Gasteiger partial charge in [0.1, 0.15) is 6.61 Å². The normalized spacial score (nSPS) is 10.8. The summed E-state index contributed by atoms with van der Waals surface area (Å²) in [7, 11) is 4.66. The zero-order valence-electron chi connectivity index (χ0n) is 11.9. The fraction of sp³-hybridized carbons (Fsp3) is 0.286. The molecule has 1 amide bonds. The van der Waals surface area contributed by atoms with E-state index < -0.39 is 0 Å². The summed E-state index contributed by atoms with van der Waals surface area (Å²) in [4.78, 5) is 23.3. The first-order valence-corrected chi connectivity index (χ1v) is 6.00. The highest BCUT2D eigenvalue weighted by Crippen LogP contribution is 2.03. The number of nitrogens with zero attached hydrogens (tertiary/aromatic N) is 2. The molecule has 0 fully saturated rings. The van der Waals surface area contributed by atoms with E-state index in [9.17, 15) is 4.79 Å². The van der Waals surface area contributed by atoms with Crippen LogP contribution in [-0.2, 0) is 21.1 Å². The van der Waals surface area contributed by atoms with Gasteiger partial charge in [-0.2, -0.15) is 0 Å². The van der Waals surface area contributed by atoms with E-state index in [1.165, 1.54) is 12.0 Å². The van der Waals surface area contributed by atoms with Gasteiger partial charge in [-0.1, -0.05) is 42.1 Å². The predicted octanol–water partition coefficient (Wildman–Crippen LogP) is 1.31. The molecule has 6 heteroatoms. The first kappa shape index (κ1) is 15.7. The van der Waals surface area contributed by atoms with Gasteiger partial charge >= 0.3 is 0 Å². The number of rotatable bonds is 7. The first-order chi connectivity index (χ1) is 9.56. The molecule has 0 saturated carbocycles. The average Bonchev–Trinajstić information content (AvgIpc) is 2.44. The molecular formula is C14H19N3O3. The van der Waals surface area contributed by atoms with Crippen LogP contribution in [0.1, 0.15) is 5.56 Å². The van der Waals surface area contributed by atoms with Crippen molar-refractivity contribution in [1.29, 1.82) is 0 Å². The predicted molar refractivity (Wildman–Crippen MR) is 76.6 cm³/mol. The van der Waals surface area contributed by atoms with E-state index in [1.54, 1.807) is 14.1 Å². The summed E-state index contributed by atoms with van der Waals surface area (Å²) < 4.78 is 0. The number of hydroxylamine groups is 1. The Morgan fingerprint density at radius 2 is 2.00 bits per heavy atom. The summed E-state index contributed by atoms with van der Waals surface area (Å²) in [5.41, 5.74) is 3.73. The number of amides is 1. The molecule has 20 heavy (non-hydrogen) atoms. The Balaban J connectivity index is 2.74. The van der Waals surface area contributed by atoms with Crippen LogP contribution in [0.4, 0.5) is 0 Å². The van der Waals surface area contributed by atoms with Gasteiger partial charge in [-0.25, -0.2) is 0 Å². The summed E-state index contributed by atoms with van der Waals surface area (Å²) >= 11 is 0. The zero-order chi connectivity index (χ0) is 15.0. The lowest BCUT2D eigenvalue weighted by Gasteiger charge is -2.14. The third-order valence-electron chi connectivity index (χ3n) is 2.35. The van der Waals surface area contributed by atoms with E-state index >= 15 is 0 Å². The standard InChI is InChI=1S/C14H19N3O3/c1-11(15-19-4)13(14(18)17(2)3)16-20-10-12-8-6-5-7-9-12/h5-9,15H,1,10H2,2-4H3. The molecule has 0 unspecified atom stereocenters. The van der Waals surface area contributed by atoms with Crippen LogP contribution < -0.4 is 5.48 Å². The molecule has 0 aliphatic heterocycles. The van der Waals surface area contributed by atoms with Crippen molar-refractivity contribution in [1.82, 2.24) is 10.4 Å². The highest BCUT2D eigenvalue weighted by molar-refractivity contribution is 6.44.